The topological polar surface area (TPSA) is 179 Å². The second-order valence-electron chi connectivity index (χ2n) is 7.21. The minimum absolute atomic E-state index is 0.259. The molecule has 158 valence electrons. The summed E-state index contributed by atoms with van der Waals surface area (Å²) < 4.78 is 0. The normalized spacial score (nSPS) is 19.6. The van der Waals surface area contributed by atoms with E-state index in [4.69, 9.17) is 10.8 Å². The Bertz CT molecular complexity index is 635. The first-order valence-corrected chi connectivity index (χ1v) is 9.07. The summed E-state index contributed by atoms with van der Waals surface area (Å²) in [6, 6.07) is -4.39. The quantitative estimate of drug-likeness (QED) is 0.310. The summed E-state index contributed by atoms with van der Waals surface area (Å²) in [4.78, 5) is 60.8. The average Bonchev–Trinajstić information content (AvgIpc) is 3.07. The summed E-state index contributed by atoms with van der Waals surface area (Å²) in [5, 5.41) is 23.0. The molecule has 4 unspecified atom stereocenters. The Morgan fingerprint density at radius 1 is 1.07 bits per heavy atom. The fraction of sp³-hybridized carbons (Fsp3) is 0.706. The lowest BCUT2D eigenvalue weighted by molar-refractivity contribution is -0.150. The van der Waals surface area contributed by atoms with Crippen molar-refractivity contribution in [1.29, 1.82) is 0 Å². The number of carbonyl (C=O) groups excluding carboxylic acids is 3. The third-order valence-corrected chi connectivity index (χ3v) is 4.48. The highest BCUT2D eigenvalue weighted by molar-refractivity contribution is 5.95. The van der Waals surface area contributed by atoms with Crippen LogP contribution in [0.1, 0.15) is 40.0 Å². The molecular formula is C17H28N4O7. The number of rotatable bonds is 9. The predicted molar refractivity (Wildman–Crippen MR) is 97.0 cm³/mol. The SMILES string of the molecule is CC(N)C(=O)NC(CC(=O)O)C(=O)NC(C(=O)N1CCCC1C(=O)O)C(C)C. The fourth-order valence-electron chi connectivity index (χ4n) is 2.92. The van der Waals surface area contributed by atoms with Gasteiger partial charge in [0.05, 0.1) is 12.5 Å². The van der Waals surface area contributed by atoms with Crippen molar-refractivity contribution < 1.29 is 34.2 Å². The Morgan fingerprint density at radius 3 is 2.14 bits per heavy atom. The standard InChI is InChI=1S/C17H28N4O7/c1-8(2)13(16(26)21-6-4-5-11(21)17(27)28)20-15(25)10(7-12(22)23)19-14(24)9(3)18/h8-11,13H,4-7,18H2,1-3H3,(H,19,24)(H,20,25)(H,22,23)(H,27,28). The van der Waals surface area contributed by atoms with E-state index in [1.165, 1.54) is 11.8 Å². The van der Waals surface area contributed by atoms with Crippen LogP contribution in [0.5, 0.6) is 0 Å². The molecule has 0 saturated carbocycles. The first-order chi connectivity index (χ1) is 13.0. The van der Waals surface area contributed by atoms with E-state index >= 15 is 0 Å². The van der Waals surface area contributed by atoms with E-state index in [9.17, 15) is 29.1 Å². The minimum atomic E-state index is -1.42. The molecule has 0 aromatic carbocycles. The number of hydrogen-bond acceptors (Lipinski definition) is 6. The maximum Gasteiger partial charge on any atom is 0.326 e. The van der Waals surface area contributed by atoms with Gasteiger partial charge in [-0.1, -0.05) is 13.8 Å². The molecule has 0 radical (unpaired) electrons. The van der Waals surface area contributed by atoms with Crippen LogP contribution in [0.4, 0.5) is 0 Å². The zero-order valence-corrected chi connectivity index (χ0v) is 16.2. The molecule has 1 rings (SSSR count). The van der Waals surface area contributed by atoms with Crippen molar-refractivity contribution in [3.63, 3.8) is 0 Å². The lowest BCUT2D eigenvalue weighted by Gasteiger charge is -2.30. The molecule has 0 bridgehead atoms. The smallest absolute Gasteiger partial charge is 0.326 e. The van der Waals surface area contributed by atoms with E-state index in [-0.39, 0.29) is 12.5 Å². The number of nitrogens with one attached hydrogen (secondary N) is 2. The highest BCUT2D eigenvalue weighted by atomic mass is 16.4. The number of nitrogens with zero attached hydrogens (tertiary/aromatic N) is 1. The lowest BCUT2D eigenvalue weighted by Crippen LogP contribution is -2.58. The summed E-state index contributed by atoms with van der Waals surface area (Å²) in [5.74, 6) is -4.94. The first kappa shape index (κ1) is 23.3. The van der Waals surface area contributed by atoms with Gasteiger partial charge in [-0.15, -0.1) is 0 Å². The van der Waals surface area contributed by atoms with Crippen molar-refractivity contribution in [2.75, 3.05) is 6.54 Å². The Morgan fingerprint density at radius 2 is 1.68 bits per heavy atom. The molecule has 28 heavy (non-hydrogen) atoms. The third kappa shape index (κ3) is 6.19. The van der Waals surface area contributed by atoms with Crippen LogP contribution in [0, 0.1) is 5.92 Å². The van der Waals surface area contributed by atoms with Crippen LogP contribution in [0.2, 0.25) is 0 Å². The van der Waals surface area contributed by atoms with Crippen LogP contribution in [0.15, 0.2) is 0 Å². The molecule has 1 heterocycles. The van der Waals surface area contributed by atoms with Gasteiger partial charge in [0, 0.05) is 6.54 Å². The van der Waals surface area contributed by atoms with E-state index in [0.29, 0.717) is 12.8 Å². The van der Waals surface area contributed by atoms with Gasteiger partial charge in [0.1, 0.15) is 18.1 Å². The van der Waals surface area contributed by atoms with Crippen molar-refractivity contribution in [2.45, 2.75) is 64.2 Å². The van der Waals surface area contributed by atoms with Crippen LogP contribution >= 0.6 is 0 Å². The number of likely N-dealkylation sites (tertiary alicyclic amines) is 1. The van der Waals surface area contributed by atoms with Gasteiger partial charge < -0.3 is 31.5 Å². The monoisotopic (exact) mass is 400 g/mol. The van der Waals surface area contributed by atoms with Gasteiger partial charge in [0.2, 0.25) is 17.7 Å². The molecule has 1 fully saturated rings. The van der Waals surface area contributed by atoms with E-state index < -0.39 is 60.2 Å². The molecule has 0 aromatic rings. The molecule has 3 amide bonds. The van der Waals surface area contributed by atoms with Crippen molar-refractivity contribution in [3.8, 4) is 0 Å². The van der Waals surface area contributed by atoms with Gasteiger partial charge in [-0.25, -0.2) is 4.79 Å². The van der Waals surface area contributed by atoms with Crippen LogP contribution in [0.3, 0.4) is 0 Å². The zero-order chi connectivity index (χ0) is 21.6. The molecular weight excluding hydrogens is 372 g/mol. The van der Waals surface area contributed by atoms with Gasteiger partial charge in [-0.05, 0) is 25.7 Å². The molecule has 1 aliphatic heterocycles. The highest BCUT2D eigenvalue weighted by Gasteiger charge is 2.39. The number of amides is 3. The third-order valence-electron chi connectivity index (χ3n) is 4.48. The van der Waals surface area contributed by atoms with Crippen molar-refractivity contribution in [2.24, 2.45) is 11.7 Å². The van der Waals surface area contributed by atoms with Crippen LogP contribution in [-0.2, 0) is 24.0 Å². The number of nitrogens with two attached hydrogens (primary N) is 1. The molecule has 0 aliphatic carbocycles. The maximum atomic E-state index is 12.8. The number of carbonyl (C=O) groups is 5. The second-order valence-corrected chi connectivity index (χ2v) is 7.21. The van der Waals surface area contributed by atoms with Gasteiger partial charge >= 0.3 is 11.9 Å². The first-order valence-electron chi connectivity index (χ1n) is 9.07. The van der Waals surface area contributed by atoms with Crippen molar-refractivity contribution in [1.82, 2.24) is 15.5 Å². The van der Waals surface area contributed by atoms with Gasteiger partial charge in [-0.2, -0.15) is 0 Å². The zero-order valence-electron chi connectivity index (χ0n) is 16.2. The van der Waals surface area contributed by atoms with Crippen molar-refractivity contribution >= 4 is 29.7 Å². The molecule has 11 heteroatoms. The van der Waals surface area contributed by atoms with Gasteiger partial charge in [0.15, 0.2) is 0 Å². The van der Waals surface area contributed by atoms with Crippen LogP contribution < -0.4 is 16.4 Å². The van der Waals surface area contributed by atoms with Crippen LogP contribution in [-0.4, -0.2) is 75.5 Å². The Balaban J connectivity index is 2.96. The van der Waals surface area contributed by atoms with E-state index in [1.807, 2.05) is 0 Å². The van der Waals surface area contributed by atoms with Crippen molar-refractivity contribution in [3.05, 3.63) is 0 Å². The molecule has 6 N–H and O–H groups in total. The Labute approximate surface area is 162 Å². The van der Waals surface area contributed by atoms with E-state index in [2.05, 4.69) is 10.6 Å². The molecule has 0 aromatic heterocycles. The number of hydrogen-bond donors (Lipinski definition) is 5. The summed E-state index contributed by atoms with van der Waals surface area (Å²) in [6.45, 7) is 4.97. The Hall–Kier alpha value is -2.69. The Kier molecular flexibility index (Phi) is 8.35. The van der Waals surface area contributed by atoms with Crippen LogP contribution in [0.25, 0.3) is 0 Å². The van der Waals surface area contributed by atoms with Gasteiger partial charge in [-0.3, -0.25) is 19.2 Å². The number of carboxylic acids is 2. The molecule has 0 spiro atoms. The summed E-state index contributed by atoms with van der Waals surface area (Å²) in [7, 11) is 0. The summed E-state index contributed by atoms with van der Waals surface area (Å²) in [5.41, 5.74) is 5.43. The predicted octanol–water partition coefficient (Wildman–Crippen LogP) is -1.49. The maximum absolute atomic E-state index is 12.8. The minimum Gasteiger partial charge on any atom is -0.481 e. The lowest BCUT2D eigenvalue weighted by atomic mass is 10.0. The summed E-state index contributed by atoms with van der Waals surface area (Å²) >= 11 is 0. The van der Waals surface area contributed by atoms with Gasteiger partial charge in [0.25, 0.3) is 0 Å². The fourth-order valence-corrected chi connectivity index (χ4v) is 2.92. The molecule has 11 nitrogen and oxygen atoms in total. The number of aliphatic carboxylic acids is 2. The number of carboxylic acid groups (broad SMARTS) is 2. The molecule has 1 saturated heterocycles. The average molecular weight is 400 g/mol. The highest BCUT2D eigenvalue weighted by Crippen LogP contribution is 2.20. The molecule has 1 aliphatic rings. The molecule has 4 atom stereocenters. The summed E-state index contributed by atoms with van der Waals surface area (Å²) in [6.07, 6.45) is 0.171. The van der Waals surface area contributed by atoms with E-state index in [0.717, 1.165) is 0 Å². The second kappa shape index (κ2) is 10.0. The largest absolute Gasteiger partial charge is 0.481 e. The van der Waals surface area contributed by atoms with E-state index in [1.54, 1.807) is 13.8 Å².